The predicted molar refractivity (Wildman–Crippen MR) is 105 cm³/mol. The summed E-state index contributed by atoms with van der Waals surface area (Å²) in [6.07, 6.45) is 0. The maximum atomic E-state index is 12.6. The average molecular weight is 378 g/mol. The molecule has 1 aliphatic heterocycles. The lowest BCUT2D eigenvalue weighted by molar-refractivity contribution is -0.121. The highest BCUT2D eigenvalue weighted by Crippen LogP contribution is 2.23. The molecule has 2 aromatic rings. The summed E-state index contributed by atoms with van der Waals surface area (Å²) in [7, 11) is 0. The first-order valence-electron chi connectivity index (χ1n) is 8.58. The number of piperazine rings is 1. The minimum atomic E-state index is -0.151. The van der Waals surface area contributed by atoms with E-state index in [4.69, 9.17) is 11.6 Å². The second-order valence-electron chi connectivity index (χ2n) is 6.52. The molecular weight excluding hydrogens is 354 g/mol. The van der Waals surface area contributed by atoms with Crippen LogP contribution in [-0.4, -0.2) is 47.9 Å². The number of anilines is 1. The van der Waals surface area contributed by atoms with E-state index < -0.39 is 0 Å². The molecule has 0 unspecified atom stereocenters. The Balaban J connectivity index is 1.52. The molecule has 3 rings (SSSR count). The first kappa shape index (κ1) is 18.4. The number of nitrogens with zero attached hydrogens (tertiary/aromatic N) is 2. The van der Waals surface area contributed by atoms with Gasteiger partial charge in [0.05, 0.1) is 6.04 Å². The van der Waals surface area contributed by atoms with Crippen molar-refractivity contribution in [2.24, 2.45) is 0 Å². The minimum absolute atomic E-state index is 0.0247. The van der Waals surface area contributed by atoms with Crippen LogP contribution in [0.1, 0.15) is 18.1 Å². The number of hydrogen-bond acceptors (Lipinski definition) is 4. The molecule has 1 aromatic carbocycles. The van der Waals surface area contributed by atoms with Gasteiger partial charge in [0.15, 0.2) is 0 Å². The molecule has 1 aromatic heterocycles. The number of halogens is 1. The van der Waals surface area contributed by atoms with Crippen molar-refractivity contribution in [1.29, 1.82) is 0 Å². The van der Waals surface area contributed by atoms with Crippen molar-refractivity contribution in [3.63, 3.8) is 0 Å². The van der Waals surface area contributed by atoms with Gasteiger partial charge in [-0.25, -0.2) is 0 Å². The number of nitrogens with one attached hydrogen (secondary N) is 1. The molecule has 0 aliphatic carbocycles. The van der Waals surface area contributed by atoms with Gasteiger partial charge in [0.1, 0.15) is 0 Å². The summed E-state index contributed by atoms with van der Waals surface area (Å²) < 4.78 is 0. The maximum Gasteiger partial charge on any atom is 0.241 e. The fourth-order valence-electron chi connectivity index (χ4n) is 3.10. The summed E-state index contributed by atoms with van der Waals surface area (Å²) in [5.74, 6) is 0.0247. The minimum Gasteiger partial charge on any atom is -0.324 e. The van der Waals surface area contributed by atoms with Crippen LogP contribution < -0.4 is 5.32 Å². The Morgan fingerprint density at radius 1 is 1.28 bits per heavy atom. The molecule has 1 aliphatic rings. The zero-order valence-electron chi connectivity index (χ0n) is 14.7. The van der Waals surface area contributed by atoms with Gasteiger partial charge in [-0.1, -0.05) is 17.7 Å². The van der Waals surface area contributed by atoms with Crippen LogP contribution in [-0.2, 0) is 11.3 Å². The molecule has 25 heavy (non-hydrogen) atoms. The molecule has 0 spiro atoms. The maximum absolute atomic E-state index is 12.6. The Labute approximate surface area is 158 Å². The molecule has 4 nitrogen and oxygen atoms in total. The zero-order valence-corrected chi connectivity index (χ0v) is 16.2. The van der Waals surface area contributed by atoms with Crippen LogP contribution in [0.5, 0.6) is 0 Å². The van der Waals surface area contributed by atoms with E-state index in [-0.39, 0.29) is 11.9 Å². The highest BCUT2D eigenvalue weighted by molar-refractivity contribution is 7.07. The third kappa shape index (κ3) is 4.61. The molecule has 0 bridgehead atoms. The molecule has 6 heteroatoms. The summed E-state index contributed by atoms with van der Waals surface area (Å²) in [6, 6.07) is 7.62. The number of amides is 1. The van der Waals surface area contributed by atoms with E-state index in [0.29, 0.717) is 5.02 Å². The van der Waals surface area contributed by atoms with Crippen LogP contribution in [0.15, 0.2) is 35.0 Å². The second-order valence-corrected chi connectivity index (χ2v) is 7.71. The lowest BCUT2D eigenvalue weighted by atomic mass is 10.1. The summed E-state index contributed by atoms with van der Waals surface area (Å²) in [5.41, 5.74) is 3.08. The van der Waals surface area contributed by atoms with Crippen molar-refractivity contribution < 1.29 is 4.79 Å². The van der Waals surface area contributed by atoms with Gasteiger partial charge in [-0.2, -0.15) is 11.3 Å². The Morgan fingerprint density at radius 2 is 2.04 bits per heavy atom. The number of hydrogen-bond donors (Lipinski definition) is 1. The zero-order chi connectivity index (χ0) is 17.8. The van der Waals surface area contributed by atoms with E-state index in [0.717, 1.165) is 44.0 Å². The molecular formula is C19H24ClN3OS. The normalized spacial score (nSPS) is 17.4. The number of carbonyl (C=O) groups is 1. The lowest BCUT2D eigenvalue weighted by Gasteiger charge is -2.37. The van der Waals surface area contributed by atoms with Gasteiger partial charge in [-0.05, 0) is 53.9 Å². The van der Waals surface area contributed by atoms with Crippen LogP contribution in [0.4, 0.5) is 5.69 Å². The fourth-order valence-corrected chi connectivity index (χ4v) is 3.93. The van der Waals surface area contributed by atoms with Crippen LogP contribution in [0.3, 0.4) is 0 Å². The van der Waals surface area contributed by atoms with Gasteiger partial charge in [0.2, 0.25) is 5.91 Å². The summed E-state index contributed by atoms with van der Waals surface area (Å²) >= 11 is 7.87. The van der Waals surface area contributed by atoms with Crippen LogP contribution in [0.25, 0.3) is 0 Å². The number of rotatable bonds is 5. The third-order valence-electron chi connectivity index (χ3n) is 4.85. The van der Waals surface area contributed by atoms with Gasteiger partial charge >= 0.3 is 0 Å². The van der Waals surface area contributed by atoms with Crippen molar-refractivity contribution >= 4 is 34.5 Å². The van der Waals surface area contributed by atoms with E-state index in [9.17, 15) is 4.79 Å². The Morgan fingerprint density at radius 3 is 2.72 bits per heavy atom. The van der Waals surface area contributed by atoms with E-state index in [1.807, 2.05) is 32.0 Å². The SMILES string of the molecule is Cc1c(Cl)cccc1NC(=O)[C@@H](C)N1CCN(Cc2ccsc2)CC1. The summed E-state index contributed by atoms with van der Waals surface area (Å²) in [6.45, 7) is 8.70. The number of carbonyl (C=O) groups excluding carboxylic acids is 1. The van der Waals surface area contributed by atoms with E-state index >= 15 is 0 Å². The third-order valence-corrected chi connectivity index (χ3v) is 5.99. The first-order chi connectivity index (χ1) is 12.0. The highest BCUT2D eigenvalue weighted by atomic mass is 35.5. The summed E-state index contributed by atoms with van der Waals surface area (Å²) in [5, 5.41) is 8.02. The smallest absolute Gasteiger partial charge is 0.241 e. The second kappa shape index (κ2) is 8.32. The van der Waals surface area contributed by atoms with Crippen LogP contribution in [0.2, 0.25) is 5.02 Å². The lowest BCUT2D eigenvalue weighted by Crippen LogP contribution is -2.52. The first-order valence-corrected chi connectivity index (χ1v) is 9.90. The molecule has 0 radical (unpaired) electrons. The van der Waals surface area contributed by atoms with Gasteiger partial charge < -0.3 is 5.32 Å². The van der Waals surface area contributed by atoms with E-state index in [1.54, 1.807) is 11.3 Å². The molecule has 134 valence electrons. The van der Waals surface area contributed by atoms with Gasteiger partial charge in [-0.3, -0.25) is 14.6 Å². The monoisotopic (exact) mass is 377 g/mol. The molecule has 1 N–H and O–H groups in total. The molecule has 1 fully saturated rings. The summed E-state index contributed by atoms with van der Waals surface area (Å²) in [4.78, 5) is 17.3. The molecule has 1 atom stereocenters. The Hall–Kier alpha value is -1.40. The Kier molecular flexibility index (Phi) is 6.12. The number of benzene rings is 1. The van der Waals surface area contributed by atoms with Crippen LogP contribution >= 0.6 is 22.9 Å². The standard InChI is InChI=1S/C19H24ClN3OS/c1-14-17(20)4-3-5-18(14)21-19(24)15(2)23-9-7-22(8-10-23)12-16-6-11-25-13-16/h3-6,11,13,15H,7-10,12H2,1-2H3,(H,21,24)/t15-/m1/s1. The van der Waals surface area contributed by atoms with E-state index in [1.165, 1.54) is 5.56 Å². The Bertz CT molecular complexity index is 711. The topological polar surface area (TPSA) is 35.6 Å². The van der Waals surface area contributed by atoms with Crippen molar-refractivity contribution in [2.75, 3.05) is 31.5 Å². The molecule has 1 amide bonds. The van der Waals surface area contributed by atoms with Gasteiger partial charge in [-0.15, -0.1) is 0 Å². The van der Waals surface area contributed by atoms with Crippen molar-refractivity contribution in [2.45, 2.75) is 26.4 Å². The molecule has 2 heterocycles. The molecule has 0 saturated carbocycles. The molecule has 1 saturated heterocycles. The average Bonchev–Trinajstić information content (AvgIpc) is 3.12. The van der Waals surface area contributed by atoms with Crippen molar-refractivity contribution in [1.82, 2.24) is 9.80 Å². The van der Waals surface area contributed by atoms with E-state index in [2.05, 4.69) is 31.9 Å². The van der Waals surface area contributed by atoms with Crippen molar-refractivity contribution in [3.05, 3.63) is 51.2 Å². The quantitative estimate of drug-likeness (QED) is 0.859. The largest absolute Gasteiger partial charge is 0.324 e. The number of thiophene rings is 1. The fraction of sp³-hybridized carbons (Fsp3) is 0.421. The van der Waals surface area contributed by atoms with Gasteiger partial charge in [0, 0.05) is 43.4 Å². The predicted octanol–water partition coefficient (Wildman–Crippen LogP) is 3.85. The van der Waals surface area contributed by atoms with Crippen molar-refractivity contribution in [3.8, 4) is 0 Å². The van der Waals surface area contributed by atoms with Gasteiger partial charge in [0.25, 0.3) is 0 Å². The van der Waals surface area contributed by atoms with Crippen LogP contribution in [0, 0.1) is 6.92 Å². The highest BCUT2D eigenvalue weighted by Gasteiger charge is 2.26.